The molecule has 2 aromatic rings. The molecule has 7 nitrogen and oxygen atoms in total. The average Bonchev–Trinajstić information content (AvgIpc) is 3.31. The van der Waals surface area contributed by atoms with Crippen LogP contribution in [-0.2, 0) is 16.0 Å². The molecule has 26 heavy (non-hydrogen) atoms. The molecule has 2 N–H and O–H groups in total. The summed E-state index contributed by atoms with van der Waals surface area (Å²) in [5.41, 5.74) is 0.992. The van der Waals surface area contributed by atoms with Gasteiger partial charge >= 0.3 is 0 Å². The second kappa shape index (κ2) is 6.67. The van der Waals surface area contributed by atoms with Crippen molar-refractivity contribution in [2.24, 2.45) is 0 Å². The Morgan fingerprint density at radius 3 is 2.73 bits per heavy atom. The number of hydrogen-bond donors (Lipinski definition) is 2. The van der Waals surface area contributed by atoms with Gasteiger partial charge in [0.1, 0.15) is 12.1 Å². The van der Waals surface area contributed by atoms with E-state index in [-0.39, 0.29) is 23.5 Å². The molecule has 4 rings (SSSR count). The SMILES string of the molecule is O=C(NC1CCN2C(=O)C(Cc3ccccc3)NC(=O)C12)c1ccco1. The van der Waals surface area contributed by atoms with Crippen molar-refractivity contribution < 1.29 is 18.8 Å². The lowest BCUT2D eigenvalue weighted by Crippen LogP contribution is -2.65. The van der Waals surface area contributed by atoms with Gasteiger partial charge in [-0.15, -0.1) is 0 Å². The molecule has 3 atom stereocenters. The minimum atomic E-state index is -0.673. The minimum absolute atomic E-state index is 0.104. The van der Waals surface area contributed by atoms with Crippen LogP contribution < -0.4 is 10.6 Å². The molecule has 2 fully saturated rings. The Hall–Kier alpha value is -3.09. The molecule has 1 aromatic heterocycles. The third kappa shape index (κ3) is 2.96. The molecule has 0 radical (unpaired) electrons. The Morgan fingerprint density at radius 2 is 2.00 bits per heavy atom. The van der Waals surface area contributed by atoms with Gasteiger partial charge in [0, 0.05) is 13.0 Å². The zero-order chi connectivity index (χ0) is 18.1. The fourth-order valence-electron chi connectivity index (χ4n) is 3.67. The Bertz CT molecular complexity index is 819. The van der Waals surface area contributed by atoms with E-state index >= 15 is 0 Å². The summed E-state index contributed by atoms with van der Waals surface area (Å²) in [7, 11) is 0. The van der Waals surface area contributed by atoms with Crippen LogP contribution in [0.1, 0.15) is 22.5 Å². The smallest absolute Gasteiger partial charge is 0.287 e. The number of rotatable bonds is 4. The molecule has 0 bridgehead atoms. The van der Waals surface area contributed by atoms with Crippen molar-refractivity contribution in [1.29, 1.82) is 0 Å². The highest BCUT2D eigenvalue weighted by Crippen LogP contribution is 2.24. The van der Waals surface area contributed by atoms with Gasteiger partial charge in [0.15, 0.2) is 5.76 Å². The first-order chi connectivity index (χ1) is 12.6. The zero-order valence-electron chi connectivity index (χ0n) is 14.1. The van der Waals surface area contributed by atoms with Gasteiger partial charge in [0.25, 0.3) is 5.91 Å². The molecule has 2 aliphatic heterocycles. The fraction of sp³-hybridized carbons (Fsp3) is 0.316. The van der Waals surface area contributed by atoms with Crippen molar-refractivity contribution in [3.8, 4) is 0 Å². The first kappa shape index (κ1) is 16.4. The molecular weight excluding hydrogens is 334 g/mol. The Kier molecular flexibility index (Phi) is 4.20. The van der Waals surface area contributed by atoms with Crippen molar-refractivity contribution in [2.45, 2.75) is 31.0 Å². The van der Waals surface area contributed by atoms with Gasteiger partial charge in [-0.05, 0) is 24.1 Å². The molecule has 0 saturated carbocycles. The largest absolute Gasteiger partial charge is 0.459 e. The van der Waals surface area contributed by atoms with Crippen LogP contribution in [0, 0.1) is 0 Å². The summed E-state index contributed by atoms with van der Waals surface area (Å²) in [6.07, 6.45) is 2.41. The second-order valence-electron chi connectivity index (χ2n) is 6.57. The van der Waals surface area contributed by atoms with E-state index in [9.17, 15) is 14.4 Å². The maximum Gasteiger partial charge on any atom is 0.287 e. The standard InChI is InChI=1S/C19H19N3O4/c23-17(15-7-4-10-26-15)20-13-8-9-22-16(13)18(24)21-14(19(22)25)11-12-5-2-1-3-6-12/h1-7,10,13-14,16H,8-9,11H2,(H,20,23)(H,21,24). The molecule has 7 heteroatoms. The van der Waals surface area contributed by atoms with E-state index in [2.05, 4.69) is 10.6 Å². The molecule has 1 aromatic carbocycles. The number of fused-ring (bicyclic) bond motifs is 1. The van der Waals surface area contributed by atoms with Crippen LogP contribution in [0.2, 0.25) is 0 Å². The van der Waals surface area contributed by atoms with E-state index in [0.717, 1.165) is 5.56 Å². The van der Waals surface area contributed by atoms with E-state index in [1.807, 2.05) is 30.3 Å². The Morgan fingerprint density at radius 1 is 1.19 bits per heavy atom. The van der Waals surface area contributed by atoms with Crippen LogP contribution in [0.25, 0.3) is 0 Å². The first-order valence-electron chi connectivity index (χ1n) is 8.62. The minimum Gasteiger partial charge on any atom is -0.459 e. The number of hydrogen-bond acceptors (Lipinski definition) is 4. The van der Waals surface area contributed by atoms with Gasteiger partial charge in [-0.2, -0.15) is 0 Å². The predicted molar refractivity (Wildman–Crippen MR) is 92.2 cm³/mol. The van der Waals surface area contributed by atoms with E-state index < -0.39 is 18.1 Å². The summed E-state index contributed by atoms with van der Waals surface area (Å²) in [4.78, 5) is 39.2. The van der Waals surface area contributed by atoms with Crippen molar-refractivity contribution in [3.63, 3.8) is 0 Å². The molecule has 2 saturated heterocycles. The van der Waals surface area contributed by atoms with Crippen LogP contribution in [-0.4, -0.2) is 47.3 Å². The van der Waals surface area contributed by atoms with Gasteiger partial charge < -0.3 is 20.0 Å². The van der Waals surface area contributed by atoms with Crippen LogP contribution in [0.5, 0.6) is 0 Å². The maximum atomic E-state index is 12.8. The summed E-state index contributed by atoms with van der Waals surface area (Å²) in [6.45, 7) is 0.450. The number of benzene rings is 1. The highest BCUT2D eigenvalue weighted by Gasteiger charge is 2.48. The summed E-state index contributed by atoms with van der Waals surface area (Å²) in [5, 5.41) is 5.63. The third-order valence-electron chi connectivity index (χ3n) is 4.91. The first-order valence-corrected chi connectivity index (χ1v) is 8.62. The summed E-state index contributed by atoms with van der Waals surface area (Å²) in [5.74, 6) is -0.526. The lowest BCUT2D eigenvalue weighted by molar-refractivity contribution is -0.147. The summed E-state index contributed by atoms with van der Waals surface area (Å²) in [6, 6.07) is 11.1. The van der Waals surface area contributed by atoms with E-state index in [4.69, 9.17) is 4.42 Å². The monoisotopic (exact) mass is 353 g/mol. The number of nitrogens with zero attached hydrogens (tertiary/aromatic N) is 1. The van der Waals surface area contributed by atoms with Gasteiger partial charge in [-0.3, -0.25) is 14.4 Å². The lowest BCUT2D eigenvalue weighted by Gasteiger charge is -2.36. The molecule has 3 amide bonds. The highest BCUT2D eigenvalue weighted by molar-refractivity contribution is 5.99. The van der Waals surface area contributed by atoms with E-state index in [1.165, 1.54) is 6.26 Å². The Balaban J connectivity index is 1.46. The molecule has 2 aliphatic rings. The van der Waals surface area contributed by atoms with Gasteiger partial charge in [0.2, 0.25) is 11.8 Å². The summed E-state index contributed by atoms with van der Waals surface area (Å²) < 4.78 is 5.08. The number of amides is 3. The van der Waals surface area contributed by atoms with Crippen molar-refractivity contribution in [2.75, 3.05) is 6.54 Å². The molecular formula is C19H19N3O4. The number of piperazine rings is 1. The second-order valence-corrected chi connectivity index (χ2v) is 6.57. The molecule has 0 aliphatic carbocycles. The van der Waals surface area contributed by atoms with Crippen molar-refractivity contribution in [3.05, 3.63) is 60.1 Å². The average molecular weight is 353 g/mol. The van der Waals surface area contributed by atoms with Crippen LogP contribution >= 0.6 is 0 Å². The maximum absolute atomic E-state index is 12.8. The molecule has 3 heterocycles. The van der Waals surface area contributed by atoms with Crippen LogP contribution in [0.15, 0.2) is 53.1 Å². The van der Waals surface area contributed by atoms with Crippen LogP contribution in [0.4, 0.5) is 0 Å². The van der Waals surface area contributed by atoms with Crippen LogP contribution in [0.3, 0.4) is 0 Å². The van der Waals surface area contributed by atoms with Crippen molar-refractivity contribution >= 4 is 17.7 Å². The predicted octanol–water partition coefficient (Wildman–Crippen LogP) is 0.720. The topological polar surface area (TPSA) is 91.7 Å². The molecule has 0 spiro atoms. The molecule has 134 valence electrons. The van der Waals surface area contributed by atoms with Gasteiger partial charge in [-0.1, -0.05) is 30.3 Å². The van der Waals surface area contributed by atoms with Crippen molar-refractivity contribution in [1.82, 2.24) is 15.5 Å². The fourth-order valence-corrected chi connectivity index (χ4v) is 3.67. The quantitative estimate of drug-likeness (QED) is 0.847. The molecule has 3 unspecified atom stereocenters. The number of carbonyl (C=O) groups excluding carboxylic acids is 3. The zero-order valence-corrected chi connectivity index (χ0v) is 14.1. The summed E-state index contributed by atoms with van der Waals surface area (Å²) >= 11 is 0. The number of nitrogens with one attached hydrogen (secondary N) is 2. The lowest BCUT2D eigenvalue weighted by atomic mass is 9.99. The van der Waals surface area contributed by atoms with E-state index in [1.54, 1.807) is 17.0 Å². The van der Waals surface area contributed by atoms with E-state index in [0.29, 0.717) is 19.4 Å². The number of carbonyl (C=O) groups is 3. The Labute approximate surface area is 150 Å². The number of furan rings is 1. The van der Waals surface area contributed by atoms with Gasteiger partial charge in [0.05, 0.1) is 12.3 Å². The highest BCUT2D eigenvalue weighted by atomic mass is 16.3. The third-order valence-corrected chi connectivity index (χ3v) is 4.91. The normalized spacial score (nSPS) is 24.9. The van der Waals surface area contributed by atoms with Gasteiger partial charge in [-0.25, -0.2) is 0 Å².